The van der Waals surface area contributed by atoms with Crippen LogP contribution < -0.4 is 5.32 Å². The van der Waals surface area contributed by atoms with Gasteiger partial charge in [0.1, 0.15) is 0 Å². The summed E-state index contributed by atoms with van der Waals surface area (Å²) in [7, 11) is 2.05. The van der Waals surface area contributed by atoms with Gasteiger partial charge in [0.05, 0.1) is 0 Å². The lowest BCUT2D eigenvalue weighted by molar-refractivity contribution is 0.204. The molecule has 0 aliphatic heterocycles. The van der Waals surface area contributed by atoms with Crippen molar-refractivity contribution in [1.29, 1.82) is 0 Å². The molecule has 0 spiro atoms. The average Bonchev–Trinajstić information content (AvgIpc) is 3.31. The van der Waals surface area contributed by atoms with Gasteiger partial charge in [-0.25, -0.2) is 0 Å². The Morgan fingerprint density at radius 2 is 1.86 bits per heavy atom. The molecule has 1 N–H and O–H groups in total. The minimum atomic E-state index is 0.794. The third-order valence-electron chi connectivity index (χ3n) is 6.11. The summed E-state index contributed by atoms with van der Waals surface area (Å²) in [6.45, 7) is 14.4. The van der Waals surface area contributed by atoms with E-state index in [0.717, 1.165) is 33.5 Å². The topological polar surface area (TPSA) is 12.0 Å². The van der Waals surface area contributed by atoms with E-state index >= 15 is 0 Å². The van der Waals surface area contributed by atoms with E-state index in [1.54, 1.807) is 5.57 Å². The van der Waals surface area contributed by atoms with E-state index in [1.807, 2.05) is 0 Å². The van der Waals surface area contributed by atoms with Gasteiger partial charge in [-0.3, -0.25) is 0 Å². The summed E-state index contributed by atoms with van der Waals surface area (Å²) >= 11 is 2.74. The number of rotatable bonds is 10. The predicted octanol–water partition coefficient (Wildman–Crippen LogP) is 6.43. The van der Waals surface area contributed by atoms with Crippen LogP contribution in [0.25, 0.3) is 0 Å². The van der Waals surface area contributed by atoms with Crippen molar-refractivity contribution >= 4 is 22.6 Å². The molecule has 0 saturated heterocycles. The first-order valence-corrected chi connectivity index (χ1v) is 10.6. The second-order valence-electron chi connectivity index (χ2n) is 7.67. The highest BCUT2D eigenvalue weighted by Crippen LogP contribution is 2.50. The molecular formula is C20H38IN. The van der Waals surface area contributed by atoms with Gasteiger partial charge >= 0.3 is 0 Å². The Kier molecular flexibility index (Phi) is 8.81. The zero-order valence-electron chi connectivity index (χ0n) is 15.9. The summed E-state index contributed by atoms with van der Waals surface area (Å²) in [6.07, 6.45) is 6.80. The second-order valence-corrected chi connectivity index (χ2v) is 9.11. The molecule has 1 fully saturated rings. The molecule has 2 heteroatoms. The monoisotopic (exact) mass is 419 g/mol. The minimum Gasteiger partial charge on any atom is -0.392 e. The normalized spacial score (nSPS) is 26.8. The fourth-order valence-electron chi connectivity index (χ4n) is 3.81. The molecule has 1 rings (SSSR count). The summed E-state index contributed by atoms with van der Waals surface area (Å²) in [5, 5.41) is 3.33. The molecule has 0 aromatic rings. The largest absolute Gasteiger partial charge is 0.392 e. The van der Waals surface area contributed by atoms with E-state index in [0.29, 0.717) is 0 Å². The molecule has 1 saturated carbocycles. The number of nitrogens with one attached hydrogen (secondary N) is 1. The molecule has 0 aromatic heterocycles. The number of halogens is 1. The van der Waals surface area contributed by atoms with Crippen LogP contribution in [0.5, 0.6) is 0 Å². The molecule has 22 heavy (non-hydrogen) atoms. The van der Waals surface area contributed by atoms with Crippen molar-refractivity contribution in [3.05, 3.63) is 11.3 Å². The maximum absolute atomic E-state index is 3.33. The standard InChI is InChI=1S/C20H38IN/c1-8-10-17(11-13(3)9-2)14(4)15(5)20(21)19-12-18(19)16(6)22-7/h13-15,17,19-20,22H,8-12H2,1-7H3/b18-16-/t13?,14?,15-,17+,19?,20?/m1/s1. The fraction of sp³-hybridized carbons (Fsp3) is 0.900. The van der Waals surface area contributed by atoms with Crippen molar-refractivity contribution in [3.8, 4) is 0 Å². The lowest BCUT2D eigenvalue weighted by Gasteiger charge is -2.33. The molecule has 1 nitrogen and oxygen atoms in total. The number of alkyl halides is 1. The van der Waals surface area contributed by atoms with Crippen molar-refractivity contribution in [2.45, 2.75) is 77.6 Å². The van der Waals surface area contributed by atoms with Crippen LogP contribution in [0.4, 0.5) is 0 Å². The predicted molar refractivity (Wildman–Crippen MR) is 108 cm³/mol. The molecule has 0 heterocycles. The molecule has 4 unspecified atom stereocenters. The van der Waals surface area contributed by atoms with Gasteiger partial charge in [-0.15, -0.1) is 0 Å². The zero-order chi connectivity index (χ0) is 16.9. The van der Waals surface area contributed by atoms with Gasteiger partial charge in [-0.05, 0) is 54.9 Å². The Morgan fingerprint density at radius 3 is 2.36 bits per heavy atom. The quantitative estimate of drug-likeness (QED) is 0.318. The van der Waals surface area contributed by atoms with E-state index in [4.69, 9.17) is 0 Å². The maximum Gasteiger partial charge on any atom is 0.0207 e. The van der Waals surface area contributed by atoms with Crippen LogP contribution in [-0.2, 0) is 0 Å². The lowest BCUT2D eigenvalue weighted by atomic mass is 9.75. The van der Waals surface area contributed by atoms with Gasteiger partial charge in [0.2, 0.25) is 0 Å². The van der Waals surface area contributed by atoms with E-state index in [-0.39, 0.29) is 0 Å². The van der Waals surface area contributed by atoms with Crippen LogP contribution in [-0.4, -0.2) is 11.0 Å². The highest BCUT2D eigenvalue weighted by Gasteiger charge is 2.41. The zero-order valence-corrected chi connectivity index (χ0v) is 18.0. The molecule has 1 aliphatic carbocycles. The summed E-state index contributed by atoms with van der Waals surface area (Å²) in [4.78, 5) is 0. The van der Waals surface area contributed by atoms with Crippen molar-refractivity contribution < 1.29 is 0 Å². The Labute approximate surface area is 153 Å². The molecule has 0 radical (unpaired) electrons. The van der Waals surface area contributed by atoms with Gasteiger partial charge in [0.15, 0.2) is 0 Å². The van der Waals surface area contributed by atoms with Crippen molar-refractivity contribution in [2.75, 3.05) is 7.05 Å². The first-order chi connectivity index (χ1) is 10.4. The Hall–Kier alpha value is 0.270. The lowest BCUT2D eigenvalue weighted by Crippen LogP contribution is -2.28. The third kappa shape index (κ3) is 5.42. The van der Waals surface area contributed by atoms with Crippen LogP contribution in [0.3, 0.4) is 0 Å². The van der Waals surface area contributed by atoms with Crippen LogP contribution in [0.1, 0.15) is 73.6 Å². The molecular weight excluding hydrogens is 381 g/mol. The van der Waals surface area contributed by atoms with Crippen molar-refractivity contribution in [1.82, 2.24) is 5.32 Å². The highest BCUT2D eigenvalue weighted by molar-refractivity contribution is 14.1. The number of hydrogen-bond acceptors (Lipinski definition) is 1. The van der Waals surface area contributed by atoms with Gasteiger partial charge < -0.3 is 5.32 Å². The average molecular weight is 419 g/mol. The molecule has 6 atom stereocenters. The molecule has 0 bridgehead atoms. The van der Waals surface area contributed by atoms with Crippen LogP contribution in [0.2, 0.25) is 0 Å². The Morgan fingerprint density at radius 1 is 1.23 bits per heavy atom. The van der Waals surface area contributed by atoms with Crippen LogP contribution >= 0.6 is 22.6 Å². The molecule has 0 aromatic carbocycles. The van der Waals surface area contributed by atoms with E-state index in [9.17, 15) is 0 Å². The van der Waals surface area contributed by atoms with E-state index < -0.39 is 0 Å². The summed E-state index contributed by atoms with van der Waals surface area (Å²) in [6, 6.07) is 0. The molecule has 0 amide bonds. The molecule has 130 valence electrons. The summed E-state index contributed by atoms with van der Waals surface area (Å²) < 4.78 is 0.794. The van der Waals surface area contributed by atoms with E-state index in [1.165, 1.54) is 37.8 Å². The maximum atomic E-state index is 3.33. The van der Waals surface area contributed by atoms with Gasteiger partial charge in [0.25, 0.3) is 0 Å². The van der Waals surface area contributed by atoms with Crippen LogP contribution in [0.15, 0.2) is 11.3 Å². The van der Waals surface area contributed by atoms with E-state index in [2.05, 4.69) is 76.5 Å². The minimum absolute atomic E-state index is 0.794. The Bertz CT molecular complexity index is 363. The van der Waals surface area contributed by atoms with Gasteiger partial charge in [-0.1, -0.05) is 76.5 Å². The Balaban J connectivity index is 2.66. The first kappa shape index (κ1) is 20.3. The van der Waals surface area contributed by atoms with Crippen LogP contribution in [0, 0.1) is 29.6 Å². The number of hydrogen-bond donors (Lipinski definition) is 1. The third-order valence-corrected chi connectivity index (χ3v) is 8.11. The van der Waals surface area contributed by atoms with Gasteiger partial charge in [0, 0.05) is 16.7 Å². The van der Waals surface area contributed by atoms with Crippen molar-refractivity contribution in [2.24, 2.45) is 29.6 Å². The second kappa shape index (κ2) is 9.54. The molecule has 1 aliphatic rings. The smallest absolute Gasteiger partial charge is 0.0207 e. The summed E-state index contributed by atoms with van der Waals surface area (Å²) in [5.41, 5.74) is 3.09. The first-order valence-electron chi connectivity index (χ1n) is 9.38. The highest BCUT2D eigenvalue weighted by atomic mass is 127. The van der Waals surface area contributed by atoms with Gasteiger partial charge in [-0.2, -0.15) is 0 Å². The summed E-state index contributed by atoms with van der Waals surface area (Å²) in [5.74, 6) is 4.27. The number of allylic oxidation sites excluding steroid dienone is 2. The SMILES string of the molecule is CCC[C@@H](CC(C)CC)C(C)[C@@H](C)C(I)C1C/C1=C(\C)NC. The fourth-order valence-corrected chi connectivity index (χ4v) is 5.15. The van der Waals surface area contributed by atoms with Crippen molar-refractivity contribution in [3.63, 3.8) is 0 Å².